The lowest BCUT2D eigenvalue weighted by molar-refractivity contribution is 0.179. The van der Waals surface area contributed by atoms with Crippen molar-refractivity contribution in [3.05, 3.63) is 18.0 Å². The lowest BCUT2D eigenvalue weighted by Gasteiger charge is -2.31. The maximum atomic E-state index is 6.01. The number of nitrogens with zero attached hydrogens (tertiary/aromatic N) is 4. The summed E-state index contributed by atoms with van der Waals surface area (Å²) in [6, 6.07) is 0.939. The molecule has 0 radical (unpaired) electrons. The lowest BCUT2D eigenvalue weighted by atomic mass is 10.1. The molecule has 1 aliphatic rings. The molecule has 114 valence electrons. The molecule has 0 bridgehead atoms. The minimum Gasteiger partial charge on any atom is -0.329 e. The Morgan fingerprint density at radius 1 is 1.55 bits per heavy atom. The monoisotopic (exact) mass is 279 g/mol. The minimum atomic E-state index is 0.273. The van der Waals surface area contributed by atoms with Crippen molar-refractivity contribution >= 4 is 0 Å². The van der Waals surface area contributed by atoms with Crippen LogP contribution in [0, 0.1) is 0 Å². The van der Waals surface area contributed by atoms with Crippen LogP contribution in [-0.2, 0) is 6.54 Å². The van der Waals surface area contributed by atoms with Crippen LogP contribution in [0.15, 0.2) is 12.4 Å². The van der Waals surface area contributed by atoms with E-state index in [-0.39, 0.29) is 6.04 Å². The van der Waals surface area contributed by atoms with E-state index in [0.717, 1.165) is 19.5 Å². The van der Waals surface area contributed by atoms with Gasteiger partial charge in [-0.3, -0.25) is 9.58 Å². The van der Waals surface area contributed by atoms with E-state index < -0.39 is 0 Å². The molecule has 0 aliphatic carbocycles. The molecule has 1 aromatic heterocycles. The highest BCUT2D eigenvalue weighted by atomic mass is 15.3. The van der Waals surface area contributed by atoms with Crippen LogP contribution < -0.4 is 5.73 Å². The van der Waals surface area contributed by atoms with Gasteiger partial charge in [0.2, 0.25) is 0 Å². The molecule has 2 N–H and O–H groups in total. The summed E-state index contributed by atoms with van der Waals surface area (Å²) >= 11 is 0. The van der Waals surface area contributed by atoms with E-state index in [2.05, 4.69) is 42.1 Å². The first kappa shape index (κ1) is 15.5. The smallest absolute Gasteiger partial charge is 0.0538 e. The van der Waals surface area contributed by atoms with Crippen molar-refractivity contribution in [2.45, 2.75) is 44.8 Å². The zero-order valence-corrected chi connectivity index (χ0v) is 13.1. The second kappa shape index (κ2) is 7.20. The van der Waals surface area contributed by atoms with Crippen LogP contribution in [0.2, 0.25) is 0 Å². The summed E-state index contributed by atoms with van der Waals surface area (Å²) < 4.78 is 2.02. The minimum absolute atomic E-state index is 0.273. The van der Waals surface area contributed by atoms with Crippen molar-refractivity contribution in [1.29, 1.82) is 0 Å². The zero-order valence-electron chi connectivity index (χ0n) is 13.1. The summed E-state index contributed by atoms with van der Waals surface area (Å²) in [5.41, 5.74) is 7.25. The molecular weight excluding hydrogens is 250 g/mol. The molecule has 20 heavy (non-hydrogen) atoms. The average Bonchev–Trinajstić information content (AvgIpc) is 3.02. The van der Waals surface area contributed by atoms with Crippen LogP contribution in [0.25, 0.3) is 0 Å². The van der Waals surface area contributed by atoms with E-state index >= 15 is 0 Å². The summed E-state index contributed by atoms with van der Waals surface area (Å²) in [5, 5.41) is 4.43. The van der Waals surface area contributed by atoms with Gasteiger partial charge in [-0.1, -0.05) is 6.92 Å². The first-order valence-electron chi connectivity index (χ1n) is 7.78. The lowest BCUT2D eigenvalue weighted by Crippen LogP contribution is -2.40. The van der Waals surface area contributed by atoms with Crippen LogP contribution in [0.1, 0.15) is 37.8 Å². The zero-order chi connectivity index (χ0) is 14.5. The van der Waals surface area contributed by atoms with Crippen LogP contribution in [-0.4, -0.2) is 59.4 Å². The van der Waals surface area contributed by atoms with Gasteiger partial charge in [0.1, 0.15) is 0 Å². The fourth-order valence-corrected chi connectivity index (χ4v) is 3.14. The molecule has 1 aromatic rings. The van der Waals surface area contributed by atoms with Gasteiger partial charge in [-0.15, -0.1) is 0 Å². The van der Waals surface area contributed by atoms with Crippen LogP contribution in [0.4, 0.5) is 0 Å². The fraction of sp³-hybridized carbons (Fsp3) is 0.800. The quantitative estimate of drug-likeness (QED) is 0.818. The van der Waals surface area contributed by atoms with Crippen molar-refractivity contribution < 1.29 is 0 Å². The van der Waals surface area contributed by atoms with E-state index in [0.29, 0.717) is 12.6 Å². The molecule has 2 heterocycles. The van der Waals surface area contributed by atoms with Crippen molar-refractivity contribution in [2.24, 2.45) is 5.73 Å². The molecule has 1 saturated heterocycles. The van der Waals surface area contributed by atoms with E-state index in [4.69, 9.17) is 5.73 Å². The average molecular weight is 279 g/mol. The summed E-state index contributed by atoms with van der Waals surface area (Å²) in [6.45, 7) is 6.10. The van der Waals surface area contributed by atoms with E-state index in [9.17, 15) is 0 Å². The van der Waals surface area contributed by atoms with Crippen LogP contribution in [0.5, 0.6) is 0 Å². The molecule has 0 aromatic carbocycles. The summed E-state index contributed by atoms with van der Waals surface area (Å²) in [4.78, 5) is 4.85. The molecule has 5 heteroatoms. The van der Waals surface area contributed by atoms with E-state index in [1.807, 2.05) is 10.9 Å². The molecular formula is C15H29N5. The maximum Gasteiger partial charge on any atom is 0.0538 e. The number of likely N-dealkylation sites (N-methyl/N-ethyl adjacent to an activating group) is 2. The van der Waals surface area contributed by atoms with Crippen molar-refractivity contribution in [3.63, 3.8) is 0 Å². The predicted octanol–water partition coefficient (Wildman–Crippen LogP) is 1.32. The SMILES string of the molecule is CCCn1cc(C(CN)N(C)CC2CCCN2C)cn1. The molecule has 0 saturated carbocycles. The molecule has 1 fully saturated rings. The normalized spacial score (nSPS) is 21.8. The molecule has 2 rings (SSSR count). The predicted molar refractivity (Wildman–Crippen MR) is 82.6 cm³/mol. The second-order valence-corrected chi connectivity index (χ2v) is 6.00. The summed E-state index contributed by atoms with van der Waals surface area (Å²) in [5.74, 6) is 0. The van der Waals surface area contributed by atoms with Gasteiger partial charge in [-0.2, -0.15) is 5.10 Å². The Hall–Kier alpha value is -0.910. The Kier molecular flexibility index (Phi) is 5.57. The van der Waals surface area contributed by atoms with Gasteiger partial charge in [-0.05, 0) is 39.9 Å². The number of aromatic nitrogens is 2. The van der Waals surface area contributed by atoms with Gasteiger partial charge in [0.25, 0.3) is 0 Å². The number of nitrogens with two attached hydrogens (primary N) is 1. The largest absolute Gasteiger partial charge is 0.329 e. The number of hydrogen-bond acceptors (Lipinski definition) is 4. The second-order valence-electron chi connectivity index (χ2n) is 6.00. The first-order chi connectivity index (χ1) is 9.65. The van der Waals surface area contributed by atoms with Gasteiger partial charge in [0.05, 0.1) is 6.20 Å². The topological polar surface area (TPSA) is 50.3 Å². The van der Waals surface area contributed by atoms with Gasteiger partial charge in [0, 0.05) is 43.5 Å². The summed E-state index contributed by atoms with van der Waals surface area (Å²) in [7, 11) is 4.41. The van der Waals surface area contributed by atoms with Crippen LogP contribution >= 0.6 is 0 Å². The highest BCUT2D eigenvalue weighted by Gasteiger charge is 2.25. The Bertz CT molecular complexity index is 403. The summed E-state index contributed by atoms with van der Waals surface area (Å²) in [6.07, 6.45) is 7.85. The highest BCUT2D eigenvalue weighted by Crippen LogP contribution is 2.22. The highest BCUT2D eigenvalue weighted by molar-refractivity contribution is 5.11. The van der Waals surface area contributed by atoms with Crippen LogP contribution in [0.3, 0.4) is 0 Å². The van der Waals surface area contributed by atoms with Gasteiger partial charge in [0.15, 0.2) is 0 Å². The standard InChI is InChI=1S/C15H29N5/c1-4-7-20-11-13(10-17-20)15(9-16)19(3)12-14-6-5-8-18(14)2/h10-11,14-15H,4-9,12,16H2,1-3H3. The third-order valence-corrected chi connectivity index (χ3v) is 4.42. The van der Waals surface area contributed by atoms with Crippen molar-refractivity contribution in [3.8, 4) is 0 Å². The maximum absolute atomic E-state index is 6.01. The molecule has 0 amide bonds. The Labute approximate surface area is 122 Å². The van der Waals surface area contributed by atoms with Gasteiger partial charge in [-0.25, -0.2) is 0 Å². The molecule has 2 unspecified atom stereocenters. The first-order valence-corrected chi connectivity index (χ1v) is 7.78. The number of hydrogen-bond donors (Lipinski definition) is 1. The number of rotatable bonds is 7. The Morgan fingerprint density at radius 2 is 2.35 bits per heavy atom. The number of likely N-dealkylation sites (tertiary alicyclic amines) is 1. The van der Waals surface area contributed by atoms with Crippen molar-refractivity contribution in [2.75, 3.05) is 33.7 Å². The fourth-order valence-electron chi connectivity index (χ4n) is 3.14. The third kappa shape index (κ3) is 3.59. The van der Waals surface area contributed by atoms with E-state index in [1.165, 1.54) is 24.9 Å². The molecule has 5 nitrogen and oxygen atoms in total. The van der Waals surface area contributed by atoms with Gasteiger partial charge >= 0.3 is 0 Å². The molecule has 0 spiro atoms. The third-order valence-electron chi connectivity index (χ3n) is 4.42. The van der Waals surface area contributed by atoms with Gasteiger partial charge < -0.3 is 10.6 Å². The Morgan fingerprint density at radius 3 is 2.95 bits per heavy atom. The van der Waals surface area contributed by atoms with Crippen molar-refractivity contribution in [1.82, 2.24) is 19.6 Å². The number of aryl methyl sites for hydroxylation is 1. The molecule has 2 atom stereocenters. The molecule has 1 aliphatic heterocycles. The Balaban J connectivity index is 1.98. The van der Waals surface area contributed by atoms with E-state index in [1.54, 1.807) is 0 Å².